The highest BCUT2D eigenvalue weighted by atomic mass is 35.5. The molecule has 2 N–H and O–H groups in total. The highest BCUT2D eigenvalue weighted by Gasteiger charge is 2.39. The van der Waals surface area contributed by atoms with Gasteiger partial charge in [-0.3, -0.25) is 14.4 Å². The number of halogens is 1. The van der Waals surface area contributed by atoms with E-state index < -0.39 is 17.8 Å². The van der Waals surface area contributed by atoms with Gasteiger partial charge in [0, 0.05) is 11.4 Å². The number of methoxy groups -OCH3 is 1. The van der Waals surface area contributed by atoms with E-state index in [1.54, 1.807) is 24.3 Å². The van der Waals surface area contributed by atoms with Crippen molar-refractivity contribution in [3.05, 3.63) is 100 Å². The van der Waals surface area contributed by atoms with Gasteiger partial charge in [0.05, 0.1) is 24.8 Å². The molecule has 0 saturated heterocycles. The summed E-state index contributed by atoms with van der Waals surface area (Å²) in [7, 11) is 1.24. The number of hydrogen-bond donors (Lipinski definition) is 2. The molecular formula is C27H22ClN3O5. The zero-order valence-corrected chi connectivity index (χ0v) is 20.3. The molecule has 0 radical (unpaired) electrons. The minimum absolute atomic E-state index is 0.0880. The lowest BCUT2D eigenvalue weighted by Gasteiger charge is -2.16. The number of nitrogens with zero attached hydrogens (tertiary/aromatic N) is 1. The summed E-state index contributed by atoms with van der Waals surface area (Å²) in [5.41, 5.74) is 3.39. The maximum absolute atomic E-state index is 13.0. The largest absolute Gasteiger partial charge is 0.465 e. The molecule has 3 amide bonds. The fourth-order valence-electron chi connectivity index (χ4n) is 3.61. The Hall–Kier alpha value is -4.43. The average Bonchev–Trinajstić information content (AvgIpc) is 3.09. The molecule has 0 saturated carbocycles. The number of carbonyl (C=O) groups is 4. The van der Waals surface area contributed by atoms with Gasteiger partial charge in [-0.2, -0.15) is 0 Å². The number of ether oxygens (including phenoxy) is 1. The van der Waals surface area contributed by atoms with Crippen molar-refractivity contribution in [1.82, 2.24) is 0 Å². The normalized spacial score (nSPS) is 13.1. The van der Waals surface area contributed by atoms with Crippen LogP contribution in [0.25, 0.3) is 0 Å². The van der Waals surface area contributed by atoms with E-state index >= 15 is 0 Å². The SMILES string of the molecule is COC(=O)c1cccc(N2C(=O)C(Cl)=C(Nc3ccc(CC(=O)Nc4ccc(C)cc4)cc3)C2=O)c1. The van der Waals surface area contributed by atoms with Crippen molar-refractivity contribution in [2.24, 2.45) is 0 Å². The van der Waals surface area contributed by atoms with Crippen LogP contribution in [0.1, 0.15) is 21.5 Å². The van der Waals surface area contributed by atoms with Crippen LogP contribution in [-0.2, 0) is 25.5 Å². The van der Waals surface area contributed by atoms with Gasteiger partial charge in [-0.1, -0.05) is 47.5 Å². The summed E-state index contributed by atoms with van der Waals surface area (Å²) in [6.45, 7) is 1.97. The summed E-state index contributed by atoms with van der Waals surface area (Å²) in [6.07, 6.45) is 0.166. The van der Waals surface area contributed by atoms with Gasteiger partial charge >= 0.3 is 5.97 Å². The summed E-state index contributed by atoms with van der Waals surface area (Å²) in [6, 6.07) is 20.3. The summed E-state index contributed by atoms with van der Waals surface area (Å²) >= 11 is 6.20. The fourth-order valence-corrected chi connectivity index (χ4v) is 3.83. The van der Waals surface area contributed by atoms with Crippen LogP contribution in [0.15, 0.2) is 83.5 Å². The number of esters is 1. The topological polar surface area (TPSA) is 105 Å². The molecule has 0 aliphatic carbocycles. The van der Waals surface area contributed by atoms with Crippen LogP contribution in [0, 0.1) is 6.92 Å². The third-order valence-electron chi connectivity index (χ3n) is 5.48. The number of aryl methyl sites for hydroxylation is 1. The van der Waals surface area contributed by atoms with Crippen molar-refractivity contribution < 1.29 is 23.9 Å². The van der Waals surface area contributed by atoms with Crippen LogP contribution in [-0.4, -0.2) is 30.8 Å². The Balaban J connectivity index is 1.43. The molecule has 1 heterocycles. The van der Waals surface area contributed by atoms with E-state index in [-0.39, 0.29) is 34.3 Å². The second kappa shape index (κ2) is 10.5. The highest BCUT2D eigenvalue weighted by Crippen LogP contribution is 2.30. The van der Waals surface area contributed by atoms with E-state index in [1.165, 1.54) is 31.4 Å². The van der Waals surface area contributed by atoms with E-state index in [2.05, 4.69) is 10.6 Å². The quantitative estimate of drug-likeness (QED) is 0.366. The number of amides is 3. The summed E-state index contributed by atoms with van der Waals surface area (Å²) in [4.78, 5) is 50.8. The Morgan fingerprint density at radius 3 is 2.25 bits per heavy atom. The molecular weight excluding hydrogens is 482 g/mol. The summed E-state index contributed by atoms with van der Waals surface area (Å²) in [5, 5.41) is 5.46. The molecule has 8 nitrogen and oxygen atoms in total. The monoisotopic (exact) mass is 503 g/mol. The first-order valence-electron chi connectivity index (χ1n) is 11.0. The van der Waals surface area contributed by atoms with Crippen molar-refractivity contribution >= 4 is 52.4 Å². The van der Waals surface area contributed by atoms with Crippen LogP contribution >= 0.6 is 11.6 Å². The summed E-state index contributed by atoms with van der Waals surface area (Å²) in [5.74, 6) is -2.13. The number of imide groups is 1. The molecule has 1 aliphatic rings. The Kier molecular flexibility index (Phi) is 7.17. The lowest BCUT2D eigenvalue weighted by atomic mass is 10.1. The molecule has 9 heteroatoms. The molecule has 182 valence electrons. The number of carbonyl (C=O) groups excluding carboxylic acids is 4. The number of benzene rings is 3. The molecule has 0 bridgehead atoms. The van der Waals surface area contributed by atoms with E-state index in [4.69, 9.17) is 16.3 Å². The van der Waals surface area contributed by atoms with Crippen molar-refractivity contribution in [3.8, 4) is 0 Å². The van der Waals surface area contributed by atoms with Gasteiger partial charge in [-0.15, -0.1) is 0 Å². The third kappa shape index (κ3) is 5.29. The van der Waals surface area contributed by atoms with Gasteiger partial charge in [0.15, 0.2) is 0 Å². The fraction of sp³-hybridized carbons (Fsp3) is 0.111. The Bertz CT molecular complexity index is 1380. The van der Waals surface area contributed by atoms with Gasteiger partial charge in [-0.25, -0.2) is 9.69 Å². The Morgan fingerprint density at radius 1 is 0.917 bits per heavy atom. The lowest BCUT2D eigenvalue weighted by molar-refractivity contribution is -0.120. The molecule has 0 spiro atoms. The van der Waals surface area contributed by atoms with Gasteiger partial charge in [-0.05, 0) is 55.0 Å². The predicted octanol–water partition coefficient (Wildman–Crippen LogP) is 4.40. The van der Waals surface area contributed by atoms with Crippen LogP contribution < -0.4 is 15.5 Å². The lowest BCUT2D eigenvalue weighted by Crippen LogP contribution is -2.32. The van der Waals surface area contributed by atoms with Gasteiger partial charge in [0.2, 0.25) is 5.91 Å². The van der Waals surface area contributed by atoms with Crippen LogP contribution in [0.5, 0.6) is 0 Å². The number of nitrogens with one attached hydrogen (secondary N) is 2. The number of rotatable bonds is 7. The first-order valence-corrected chi connectivity index (χ1v) is 11.3. The van der Waals surface area contributed by atoms with Crippen LogP contribution in [0.4, 0.5) is 17.1 Å². The van der Waals surface area contributed by atoms with E-state index in [9.17, 15) is 19.2 Å². The molecule has 0 aromatic heterocycles. The average molecular weight is 504 g/mol. The Labute approximate surface area is 212 Å². The second-order valence-corrected chi connectivity index (χ2v) is 8.47. The molecule has 3 aromatic rings. The van der Waals surface area contributed by atoms with Crippen molar-refractivity contribution in [3.63, 3.8) is 0 Å². The van der Waals surface area contributed by atoms with E-state index in [1.807, 2.05) is 31.2 Å². The zero-order valence-electron chi connectivity index (χ0n) is 19.5. The molecule has 4 rings (SSSR count). The smallest absolute Gasteiger partial charge is 0.337 e. The standard InChI is InChI=1S/C27H22ClN3O5/c1-16-6-10-19(11-7-16)29-22(32)14-17-8-12-20(13-9-17)30-24-23(28)25(33)31(26(24)34)21-5-3-4-18(15-21)27(35)36-2/h3-13,15,30H,14H2,1-2H3,(H,29,32). The number of hydrogen-bond acceptors (Lipinski definition) is 6. The van der Waals surface area contributed by atoms with Crippen LogP contribution in [0.2, 0.25) is 0 Å². The van der Waals surface area contributed by atoms with Crippen LogP contribution in [0.3, 0.4) is 0 Å². The Morgan fingerprint density at radius 2 is 1.58 bits per heavy atom. The predicted molar refractivity (Wildman–Crippen MR) is 137 cm³/mol. The molecule has 0 unspecified atom stereocenters. The molecule has 0 fully saturated rings. The minimum atomic E-state index is -0.712. The second-order valence-electron chi connectivity index (χ2n) is 8.09. The van der Waals surface area contributed by atoms with Gasteiger partial charge in [0.1, 0.15) is 10.7 Å². The maximum Gasteiger partial charge on any atom is 0.337 e. The summed E-state index contributed by atoms with van der Waals surface area (Å²) < 4.78 is 4.70. The molecule has 36 heavy (non-hydrogen) atoms. The zero-order chi connectivity index (χ0) is 25.8. The molecule has 0 atom stereocenters. The number of anilines is 3. The molecule has 3 aromatic carbocycles. The maximum atomic E-state index is 13.0. The van der Waals surface area contributed by atoms with Crippen molar-refractivity contribution in [2.45, 2.75) is 13.3 Å². The van der Waals surface area contributed by atoms with Gasteiger partial charge < -0.3 is 15.4 Å². The van der Waals surface area contributed by atoms with E-state index in [0.29, 0.717) is 5.69 Å². The molecule has 1 aliphatic heterocycles. The van der Waals surface area contributed by atoms with Crippen molar-refractivity contribution in [2.75, 3.05) is 22.6 Å². The third-order valence-corrected chi connectivity index (χ3v) is 5.83. The highest BCUT2D eigenvalue weighted by molar-refractivity contribution is 6.53. The first-order chi connectivity index (χ1) is 17.3. The minimum Gasteiger partial charge on any atom is -0.465 e. The van der Waals surface area contributed by atoms with Crippen molar-refractivity contribution in [1.29, 1.82) is 0 Å². The first kappa shape index (κ1) is 24.7. The van der Waals surface area contributed by atoms with Gasteiger partial charge in [0.25, 0.3) is 11.8 Å². The van der Waals surface area contributed by atoms with E-state index in [0.717, 1.165) is 21.7 Å².